The Hall–Kier alpha value is -1.20. The molecule has 4 nitrogen and oxygen atoms in total. The molecule has 1 fully saturated rings. The summed E-state index contributed by atoms with van der Waals surface area (Å²) in [6.45, 7) is 12.0. The molecule has 0 bridgehead atoms. The highest BCUT2D eigenvalue weighted by Gasteiger charge is 2.17. The minimum Gasteiger partial charge on any atom is -0.369 e. The van der Waals surface area contributed by atoms with Crippen LogP contribution in [0.25, 0.3) is 0 Å². The highest BCUT2D eigenvalue weighted by molar-refractivity contribution is 7.99. The lowest BCUT2D eigenvalue weighted by atomic mass is 10.1. The second kappa shape index (κ2) is 9.18. The Morgan fingerprint density at radius 1 is 1.22 bits per heavy atom. The molecule has 0 atom stereocenters. The van der Waals surface area contributed by atoms with Crippen LogP contribution in [-0.4, -0.2) is 55.0 Å². The number of anilines is 2. The molecule has 1 saturated heterocycles. The number of carbonyl (C=O) groups excluding carboxylic acids is 1. The van der Waals surface area contributed by atoms with Crippen molar-refractivity contribution in [2.45, 2.75) is 27.2 Å². The van der Waals surface area contributed by atoms with E-state index in [-0.39, 0.29) is 5.91 Å². The summed E-state index contributed by atoms with van der Waals surface area (Å²) in [6.07, 6.45) is 1.11. The first-order valence-electron chi connectivity index (χ1n) is 8.59. The van der Waals surface area contributed by atoms with E-state index in [2.05, 4.69) is 48.0 Å². The van der Waals surface area contributed by atoms with E-state index in [0.717, 1.165) is 50.6 Å². The van der Waals surface area contributed by atoms with Crippen LogP contribution in [0, 0.1) is 6.92 Å². The highest BCUT2D eigenvalue weighted by atomic mass is 32.2. The molecular formula is C18H29N3OS. The zero-order valence-electron chi connectivity index (χ0n) is 14.6. The van der Waals surface area contributed by atoms with E-state index in [1.807, 2.05) is 6.07 Å². The van der Waals surface area contributed by atoms with E-state index in [9.17, 15) is 4.79 Å². The van der Waals surface area contributed by atoms with Crippen molar-refractivity contribution >= 4 is 29.0 Å². The predicted molar refractivity (Wildman–Crippen MR) is 102 cm³/mol. The van der Waals surface area contributed by atoms with Crippen LogP contribution in [0.3, 0.4) is 0 Å². The van der Waals surface area contributed by atoms with E-state index >= 15 is 0 Å². The lowest BCUT2D eigenvalue weighted by Gasteiger charge is -2.36. The van der Waals surface area contributed by atoms with Gasteiger partial charge in [0.2, 0.25) is 5.91 Å². The van der Waals surface area contributed by atoms with Crippen LogP contribution in [0.1, 0.15) is 25.8 Å². The molecular weight excluding hydrogens is 306 g/mol. The summed E-state index contributed by atoms with van der Waals surface area (Å²) in [5, 5.41) is 3.00. The van der Waals surface area contributed by atoms with Gasteiger partial charge < -0.3 is 15.1 Å². The van der Waals surface area contributed by atoms with Crippen LogP contribution >= 0.6 is 11.8 Å². The van der Waals surface area contributed by atoms with Gasteiger partial charge in [0.15, 0.2) is 0 Å². The summed E-state index contributed by atoms with van der Waals surface area (Å²) in [4.78, 5) is 16.8. The molecule has 128 valence electrons. The largest absolute Gasteiger partial charge is 0.369 e. The van der Waals surface area contributed by atoms with Crippen molar-refractivity contribution in [2.24, 2.45) is 0 Å². The summed E-state index contributed by atoms with van der Waals surface area (Å²) < 4.78 is 0. The number of piperazine rings is 1. The van der Waals surface area contributed by atoms with E-state index < -0.39 is 0 Å². The lowest BCUT2D eigenvalue weighted by molar-refractivity contribution is -0.113. The minimum absolute atomic E-state index is 0.0900. The molecule has 1 aliphatic heterocycles. The highest BCUT2D eigenvalue weighted by Crippen LogP contribution is 2.25. The number of hydrogen-bond acceptors (Lipinski definition) is 4. The first-order valence-corrected chi connectivity index (χ1v) is 9.75. The van der Waals surface area contributed by atoms with Crippen LogP contribution in [0.2, 0.25) is 0 Å². The molecule has 1 aromatic carbocycles. The van der Waals surface area contributed by atoms with E-state index in [1.54, 1.807) is 11.8 Å². The molecule has 1 amide bonds. The molecule has 1 aliphatic rings. The van der Waals surface area contributed by atoms with Crippen molar-refractivity contribution in [1.29, 1.82) is 0 Å². The van der Waals surface area contributed by atoms with E-state index in [4.69, 9.17) is 0 Å². The second-order valence-corrected chi connectivity index (χ2v) is 7.13. The third-order valence-electron chi connectivity index (χ3n) is 4.22. The van der Waals surface area contributed by atoms with Gasteiger partial charge >= 0.3 is 0 Å². The monoisotopic (exact) mass is 335 g/mol. The molecule has 0 saturated carbocycles. The average Bonchev–Trinajstić information content (AvgIpc) is 2.55. The number of likely N-dealkylation sites (N-methyl/N-ethyl adjacent to an activating group) is 1. The zero-order chi connectivity index (χ0) is 16.7. The van der Waals surface area contributed by atoms with Gasteiger partial charge in [-0.3, -0.25) is 4.79 Å². The van der Waals surface area contributed by atoms with Crippen molar-refractivity contribution in [3.63, 3.8) is 0 Å². The van der Waals surface area contributed by atoms with Gasteiger partial charge in [0.1, 0.15) is 0 Å². The molecule has 1 aromatic rings. The van der Waals surface area contributed by atoms with Gasteiger partial charge in [-0.2, -0.15) is 11.8 Å². The van der Waals surface area contributed by atoms with Crippen molar-refractivity contribution in [3.8, 4) is 0 Å². The van der Waals surface area contributed by atoms with Crippen LogP contribution in [-0.2, 0) is 4.79 Å². The molecule has 0 aromatic heterocycles. The van der Waals surface area contributed by atoms with Gasteiger partial charge in [0.05, 0.1) is 5.75 Å². The third kappa shape index (κ3) is 5.43. The Kier molecular flexibility index (Phi) is 7.24. The smallest absolute Gasteiger partial charge is 0.234 e. The number of benzene rings is 1. The fourth-order valence-corrected chi connectivity index (χ4v) is 3.59. The normalized spacial score (nSPS) is 15.7. The summed E-state index contributed by atoms with van der Waals surface area (Å²) in [5.41, 5.74) is 3.42. The second-order valence-electron chi connectivity index (χ2n) is 6.02. The number of aryl methyl sites for hydroxylation is 1. The fourth-order valence-electron chi connectivity index (χ4n) is 2.90. The minimum atomic E-state index is 0.0900. The van der Waals surface area contributed by atoms with Crippen molar-refractivity contribution < 1.29 is 4.79 Å². The van der Waals surface area contributed by atoms with E-state index in [0.29, 0.717) is 5.75 Å². The summed E-state index contributed by atoms with van der Waals surface area (Å²) in [5.74, 6) is 1.66. The van der Waals surface area contributed by atoms with Gasteiger partial charge in [-0.05, 0) is 49.4 Å². The molecule has 5 heteroatoms. The van der Waals surface area contributed by atoms with Crippen LogP contribution in [0.15, 0.2) is 18.2 Å². The quantitative estimate of drug-likeness (QED) is 0.776. The Bertz CT molecular complexity index is 513. The predicted octanol–water partition coefficient (Wildman–Crippen LogP) is 3.22. The van der Waals surface area contributed by atoms with E-state index in [1.165, 1.54) is 11.3 Å². The molecule has 23 heavy (non-hydrogen) atoms. The van der Waals surface area contributed by atoms with Gasteiger partial charge in [-0.15, -0.1) is 0 Å². The summed E-state index contributed by atoms with van der Waals surface area (Å²) >= 11 is 1.69. The molecule has 2 rings (SSSR count). The maximum absolute atomic E-state index is 11.9. The number of amides is 1. The molecule has 0 radical (unpaired) electrons. The number of nitrogens with zero attached hydrogens (tertiary/aromatic N) is 2. The van der Waals surface area contributed by atoms with Gasteiger partial charge in [-0.1, -0.05) is 13.8 Å². The number of thioether (sulfide) groups is 1. The van der Waals surface area contributed by atoms with Crippen molar-refractivity contribution in [2.75, 3.05) is 54.4 Å². The fraction of sp³-hybridized carbons (Fsp3) is 0.611. The summed E-state index contributed by atoms with van der Waals surface area (Å²) in [7, 11) is 0. The van der Waals surface area contributed by atoms with Crippen molar-refractivity contribution in [1.82, 2.24) is 4.90 Å². The molecule has 0 aliphatic carbocycles. The van der Waals surface area contributed by atoms with Crippen LogP contribution in [0.5, 0.6) is 0 Å². The number of rotatable bonds is 7. The standard InChI is InChI=1S/C18H29N3OS/c1-4-12-23-14-18(22)19-16-6-7-17(15(3)13-16)21-10-8-20(5-2)9-11-21/h6-7,13H,4-5,8-12,14H2,1-3H3,(H,19,22). The Morgan fingerprint density at radius 3 is 2.57 bits per heavy atom. The number of hydrogen-bond donors (Lipinski definition) is 1. The Balaban J connectivity index is 1.91. The first-order chi connectivity index (χ1) is 11.1. The van der Waals surface area contributed by atoms with Crippen LogP contribution in [0.4, 0.5) is 11.4 Å². The zero-order valence-corrected chi connectivity index (χ0v) is 15.4. The SMILES string of the molecule is CCCSCC(=O)Nc1ccc(N2CCN(CC)CC2)c(C)c1. The molecule has 1 heterocycles. The molecule has 1 N–H and O–H groups in total. The maximum atomic E-state index is 11.9. The average molecular weight is 336 g/mol. The van der Waals surface area contributed by atoms with Gasteiger partial charge in [-0.25, -0.2) is 0 Å². The Morgan fingerprint density at radius 2 is 1.96 bits per heavy atom. The number of nitrogens with one attached hydrogen (secondary N) is 1. The third-order valence-corrected chi connectivity index (χ3v) is 5.39. The molecule has 0 unspecified atom stereocenters. The first kappa shape index (κ1) is 18.1. The maximum Gasteiger partial charge on any atom is 0.234 e. The Labute approximate surface area is 144 Å². The van der Waals surface area contributed by atoms with Crippen molar-refractivity contribution in [3.05, 3.63) is 23.8 Å². The van der Waals surface area contributed by atoms with Gasteiger partial charge in [0, 0.05) is 37.6 Å². The number of carbonyl (C=O) groups is 1. The van der Waals surface area contributed by atoms with Gasteiger partial charge in [0.25, 0.3) is 0 Å². The lowest BCUT2D eigenvalue weighted by Crippen LogP contribution is -2.46. The van der Waals surface area contributed by atoms with Crippen LogP contribution < -0.4 is 10.2 Å². The molecule has 0 spiro atoms. The summed E-state index contributed by atoms with van der Waals surface area (Å²) in [6, 6.07) is 6.26. The topological polar surface area (TPSA) is 35.6 Å².